The van der Waals surface area contributed by atoms with Crippen molar-refractivity contribution in [3.63, 3.8) is 0 Å². The molecule has 0 amide bonds. The van der Waals surface area contributed by atoms with Crippen LogP contribution in [0.25, 0.3) is 0 Å². The third kappa shape index (κ3) is 2.39. The van der Waals surface area contributed by atoms with Gasteiger partial charge in [-0.2, -0.15) is 0 Å². The fraction of sp³-hybridized carbons (Fsp3) is 0.500. The lowest BCUT2D eigenvalue weighted by Gasteiger charge is -2.17. The van der Waals surface area contributed by atoms with E-state index in [1.807, 2.05) is 25.2 Å². The topological polar surface area (TPSA) is 39.7 Å². The molecule has 0 saturated carbocycles. The number of likely N-dealkylation sites (N-methyl/N-ethyl adjacent to an activating group) is 1. The summed E-state index contributed by atoms with van der Waals surface area (Å²) in [6, 6.07) is 5.66. The smallest absolute Gasteiger partial charge is 0.231 e. The van der Waals surface area contributed by atoms with Gasteiger partial charge in [0.2, 0.25) is 6.79 Å². The first kappa shape index (κ1) is 11.1. The second-order valence-electron chi connectivity index (χ2n) is 3.72. The van der Waals surface area contributed by atoms with Crippen molar-refractivity contribution in [2.24, 2.45) is 0 Å². The molecular weight excluding hydrogens is 206 g/mol. The van der Waals surface area contributed by atoms with Crippen LogP contribution in [0.15, 0.2) is 18.2 Å². The molecule has 0 saturated heterocycles. The van der Waals surface area contributed by atoms with E-state index in [1.165, 1.54) is 0 Å². The van der Waals surface area contributed by atoms with Crippen molar-refractivity contribution in [2.45, 2.75) is 19.4 Å². The third-order valence-electron chi connectivity index (χ3n) is 2.53. The Morgan fingerprint density at radius 1 is 1.38 bits per heavy atom. The van der Waals surface area contributed by atoms with Crippen LogP contribution in [0.5, 0.6) is 17.2 Å². The standard InChI is InChI=1S/C12H17NO3/c1-3-9(7-13-2)16-10-4-5-11-12(6-10)15-8-14-11/h4-6,9,13H,3,7-8H2,1-2H3. The molecule has 0 bridgehead atoms. The van der Waals surface area contributed by atoms with Crippen molar-refractivity contribution in [3.05, 3.63) is 18.2 Å². The minimum absolute atomic E-state index is 0.186. The maximum Gasteiger partial charge on any atom is 0.231 e. The van der Waals surface area contributed by atoms with Crippen molar-refractivity contribution in [3.8, 4) is 17.2 Å². The highest BCUT2D eigenvalue weighted by Gasteiger charge is 2.15. The van der Waals surface area contributed by atoms with E-state index in [-0.39, 0.29) is 6.10 Å². The number of hydrogen-bond acceptors (Lipinski definition) is 4. The van der Waals surface area contributed by atoms with Crippen LogP contribution in [0, 0.1) is 0 Å². The molecule has 0 aromatic heterocycles. The molecule has 0 fully saturated rings. The fourth-order valence-electron chi connectivity index (χ4n) is 1.64. The molecule has 0 spiro atoms. The van der Waals surface area contributed by atoms with Crippen LogP contribution >= 0.6 is 0 Å². The summed E-state index contributed by atoms with van der Waals surface area (Å²) in [7, 11) is 1.92. The van der Waals surface area contributed by atoms with E-state index in [0.717, 1.165) is 30.2 Å². The van der Waals surface area contributed by atoms with Crippen LogP contribution in [0.2, 0.25) is 0 Å². The number of nitrogens with one attached hydrogen (secondary N) is 1. The first-order chi connectivity index (χ1) is 7.83. The van der Waals surface area contributed by atoms with Crippen molar-refractivity contribution < 1.29 is 14.2 Å². The molecular formula is C12H17NO3. The van der Waals surface area contributed by atoms with Gasteiger partial charge in [-0.15, -0.1) is 0 Å². The molecule has 1 heterocycles. The molecule has 88 valence electrons. The Morgan fingerprint density at radius 3 is 2.94 bits per heavy atom. The number of hydrogen-bond donors (Lipinski definition) is 1. The number of fused-ring (bicyclic) bond motifs is 1. The van der Waals surface area contributed by atoms with Gasteiger partial charge in [0.15, 0.2) is 11.5 Å². The van der Waals surface area contributed by atoms with E-state index < -0.39 is 0 Å². The van der Waals surface area contributed by atoms with Crippen molar-refractivity contribution in [1.29, 1.82) is 0 Å². The summed E-state index contributed by atoms with van der Waals surface area (Å²) in [5, 5.41) is 3.11. The third-order valence-corrected chi connectivity index (χ3v) is 2.53. The summed E-state index contributed by atoms with van der Waals surface area (Å²) >= 11 is 0. The van der Waals surface area contributed by atoms with Gasteiger partial charge in [-0.25, -0.2) is 0 Å². The predicted octanol–water partition coefficient (Wildman–Crippen LogP) is 1.79. The van der Waals surface area contributed by atoms with Crippen molar-refractivity contribution in [1.82, 2.24) is 5.32 Å². The largest absolute Gasteiger partial charge is 0.489 e. The zero-order valence-electron chi connectivity index (χ0n) is 9.66. The lowest BCUT2D eigenvalue weighted by atomic mass is 10.2. The van der Waals surface area contributed by atoms with Gasteiger partial charge < -0.3 is 19.5 Å². The Hall–Kier alpha value is -1.42. The molecule has 1 unspecified atom stereocenters. The fourth-order valence-corrected chi connectivity index (χ4v) is 1.64. The molecule has 2 rings (SSSR count). The zero-order valence-corrected chi connectivity index (χ0v) is 9.66. The van der Waals surface area contributed by atoms with Crippen molar-refractivity contribution >= 4 is 0 Å². The normalized spacial score (nSPS) is 14.9. The lowest BCUT2D eigenvalue weighted by Crippen LogP contribution is -2.28. The van der Waals surface area contributed by atoms with Gasteiger partial charge in [-0.05, 0) is 25.6 Å². The molecule has 0 radical (unpaired) electrons. The van der Waals surface area contributed by atoms with Gasteiger partial charge in [0.05, 0.1) is 0 Å². The predicted molar refractivity (Wildman–Crippen MR) is 61.2 cm³/mol. The molecule has 0 aliphatic carbocycles. The molecule has 4 nitrogen and oxygen atoms in total. The summed E-state index contributed by atoms with van der Waals surface area (Å²) in [6.45, 7) is 3.24. The SMILES string of the molecule is CCC(CNC)Oc1ccc2c(c1)OCO2. The van der Waals surface area contributed by atoms with E-state index in [9.17, 15) is 0 Å². The minimum atomic E-state index is 0.186. The van der Waals surface area contributed by atoms with Crippen LogP contribution in [0.4, 0.5) is 0 Å². The summed E-state index contributed by atoms with van der Waals surface area (Å²) in [5.74, 6) is 2.37. The average molecular weight is 223 g/mol. The maximum absolute atomic E-state index is 5.83. The molecule has 1 aliphatic rings. The van der Waals surface area contributed by atoms with Crippen LogP contribution in [0.1, 0.15) is 13.3 Å². The van der Waals surface area contributed by atoms with Gasteiger partial charge in [0.25, 0.3) is 0 Å². The Bertz CT molecular complexity index is 354. The zero-order chi connectivity index (χ0) is 11.4. The molecule has 1 N–H and O–H groups in total. The van der Waals surface area contributed by atoms with Crippen molar-refractivity contribution in [2.75, 3.05) is 20.4 Å². The highest BCUT2D eigenvalue weighted by molar-refractivity contribution is 5.46. The van der Waals surface area contributed by atoms with E-state index >= 15 is 0 Å². The quantitative estimate of drug-likeness (QED) is 0.826. The monoisotopic (exact) mass is 223 g/mol. The van der Waals surface area contributed by atoms with Gasteiger partial charge in [0.1, 0.15) is 11.9 Å². The Morgan fingerprint density at radius 2 is 2.19 bits per heavy atom. The van der Waals surface area contributed by atoms with Crippen LogP contribution in [-0.4, -0.2) is 26.5 Å². The summed E-state index contributed by atoms with van der Waals surface area (Å²) in [6.07, 6.45) is 1.15. The number of benzene rings is 1. The Kier molecular flexibility index (Phi) is 3.51. The second-order valence-corrected chi connectivity index (χ2v) is 3.72. The Labute approximate surface area is 95.5 Å². The molecule has 16 heavy (non-hydrogen) atoms. The van der Waals surface area contributed by atoms with E-state index in [2.05, 4.69) is 12.2 Å². The van der Waals surface area contributed by atoms with E-state index in [1.54, 1.807) is 0 Å². The number of ether oxygens (including phenoxy) is 3. The summed E-state index contributed by atoms with van der Waals surface area (Å²) < 4.78 is 16.4. The van der Waals surface area contributed by atoms with Crippen LogP contribution in [0.3, 0.4) is 0 Å². The molecule has 1 aromatic rings. The molecule has 1 aliphatic heterocycles. The van der Waals surface area contributed by atoms with Gasteiger partial charge in [0, 0.05) is 12.6 Å². The van der Waals surface area contributed by atoms with Gasteiger partial charge in [-0.1, -0.05) is 6.92 Å². The highest BCUT2D eigenvalue weighted by atomic mass is 16.7. The minimum Gasteiger partial charge on any atom is -0.489 e. The molecule has 1 aromatic carbocycles. The average Bonchev–Trinajstić information content (AvgIpc) is 2.75. The highest BCUT2D eigenvalue weighted by Crippen LogP contribution is 2.35. The number of rotatable bonds is 5. The van der Waals surface area contributed by atoms with Crippen LogP contribution < -0.4 is 19.5 Å². The lowest BCUT2D eigenvalue weighted by molar-refractivity contribution is 0.173. The van der Waals surface area contributed by atoms with E-state index in [4.69, 9.17) is 14.2 Å². The van der Waals surface area contributed by atoms with Crippen LogP contribution in [-0.2, 0) is 0 Å². The van der Waals surface area contributed by atoms with Gasteiger partial charge in [-0.3, -0.25) is 0 Å². The van der Waals surface area contributed by atoms with Gasteiger partial charge >= 0.3 is 0 Å². The molecule has 4 heteroatoms. The first-order valence-corrected chi connectivity index (χ1v) is 5.54. The second kappa shape index (κ2) is 5.07. The Balaban J connectivity index is 2.04. The first-order valence-electron chi connectivity index (χ1n) is 5.54. The maximum atomic E-state index is 5.83. The summed E-state index contributed by atoms with van der Waals surface area (Å²) in [4.78, 5) is 0. The van der Waals surface area contributed by atoms with E-state index in [0.29, 0.717) is 6.79 Å². The molecule has 1 atom stereocenters. The summed E-state index contributed by atoms with van der Waals surface area (Å²) in [5.41, 5.74) is 0.